The van der Waals surface area contributed by atoms with E-state index in [1.54, 1.807) is 18.2 Å². The molecule has 0 bridgehead atoms. The van der Waals surface area contributed by atoms with Crippen LogP contribution in [0.5, 0.6) is 0 Å². The van der Waals surface area contributed by atoms with Crippen LogP contribution >= 0.6 is 0 Å². The molecule has 76 valence electrons. The maximum absolute atomic E-state index is 12.5. The quantitative estimate of drug-likeness (QED) is 0.576. The van der Waals surface area contributed by atoms with Gasteiger partial charge in [-0.2, -0.15) is 0 Å². The number of benzene rings is 1. The summed E-state index contributed by atoms with van der Waals surface area (Å²) in [5.74, 6) is 0. The molecule has 0 atom stereocenters. The first-order valence-electron chi connectivity index (χ1n) is 4.17. The normalized spacial score (nSPS) is 10.2. The minimum atomic E-state index is -2.52. The molecule has 0 spiro atoms. The number of alkyl halides is 2. The number of nitrogens with two attached hydrogens (primary N) is 1. The van der Waals surface area contributed by atoms with Crippen molar-refractivity contribution in [2.45, 2.75) is 6.43 Å². The van der Waals surface area contributed by atoms with Gasteiger partial charge in [-0.3, -0.25) is 0 Å². The van der Waals surface area contributed by atoms with E-state index < -0.39 is 6.43 Å². The van der Waals surface area contributed by atoms with Crippen LogP contribution in [0.3, 0.4) is 0 Å². The van der Waals surface area contributed by atoms with Gasteiger partial charge >= 0.3 is 0 Å². The monoisotopic (exact) mass is 198 g/mol. The molecule has 0 aliphatic heterocycles. The smallest absolute Gasteiger partial charge is 0.265 e. The Labute approximate surface area is 81.4 Å². The van der Waals surface area contributed by atoms with Gasteiger partial charge in [-0.25, -0.2) is 8.78 Å². The Morgan fingerprint density at radius 2 is 2.21 bits per heavy atom. The largest absolute Gasteiger partial charge is 0.399 e. The van der Waals surface area contributed by atoms with Gasteiger partial charge in [0.25, 0.3) is 6.43 Å². The second kappa shape index (κ2) is 4.60. The van der Waals surface area contributed by atoms with Crippen LogP contribution in [0.1, 0.15) is 12.0 Å². The SMILES string of the molecule is C=CCNc1ccc(N)cc1C(F)F. The molecule has 3 N–H and O–H groups in total. The second-order valence-corrected chi connectivity index (χ2v) is 2.82. The fraction of sp³-hybridized carbons (Fsp3) is 0.200. The zero-order valence-corrected chi connectivity index (χ0v) is 7.63. The standard InChI is InChI=1S/C10H12F2N2/c1-2-5-14-9-4-3-7(13)6-8(9)10(11)12/h2-4,6,10,14H,1,5,13H2. The molecule has 1 aromatic carbocycles. The van der Waals surface area contributed by atoms with Crippen LogP contribution in [-0.2, 0) is 0 Å². The maximum Gasteiger partial charge on any atom is 0.265 e. The molecule has 0 aliphatic rings. The minimum absolute atomic E-state index is 0.0770. The molecule has 1 rings (SSSR count). The number of hydrogen-bond acceptors (Lipinski definition) is 2. The van der Waals surface area contributed by atoms with E-state index in [1.807, 2.05) is 0 Å². The summed E-state index contributed by atoms with van der Waals surface area (Å²) in [6.45, 7) is 3.94. The molecular weight excluding hydrogens is 186 g/mol. The zero-order valence-electron chi connectivity index (χ0n) is 7.63. The molecule has 1 aromatic rings. The van der Waals surface area contributed by atoms with Crippen LogP contribution in [-0.4, -0.2) is 6.54 Å². The number of nitrogens with one attached hydrogen (secondary N) is 1. The Kier molecular flexibility index (Phi) is 3.45. The summed E-state index contributed by atoms with van der Waals surface area (Å²) >= 11 is 0. The van der Waals surface area contributed by atoms with E-state index in [2.05, 4.69) is 11.9 Å². The van der Waals surface area contributed by atoms with Crippen LogP contribution in [0.15, 0.2) is 30.9 Å². The van der Waals surface area contributed by atoms with Crippen molar-refractivity contribution in [3.05, 3.63) is 36.4 Å². The van der Waals surface area contributed by atoms with E-state index in [-0.39, 0.29) is 5.56 Å². The average Bonchev–Trinajstić information content (AvgIpc) is 2.15. The molecule has 0 aliphatic carbocycles. The third-order valence-electron chi connectivity index (χ3n) is 1.75. The number of hydrogen-bond donors (Lipinski definition) is 2. The molecule has 0 aromatic heterocycles. The molecule has 0 saturated carbocycles. The summed E-state index contributed by atoms with van der Waals surface area (Å²) in [5, 5.41) is 2.82. The Balaban J connectivity index is 2.95. The average molecular weight is 198 g/mol. The highest BCUT2D eigenvalue weighted by Gasteiger charge is 2.12. The molecule has 0 saturated heterocycles. The summed E-state index contributed by atoms with van der Waals surface area (Å²) in [4.78, 5) is 0. The highest BCUT2D eigenvalue weighted by Crippen LogP contribution is 2.28. The lowest BCUT2D eigenvalue weighted by Gasteiger charge is -2.10. The van der Waals surface area contributed by atoms with Gasteiger partial charge in [0, 0.05) is 23.5 Å². The Morgan fingerprint density at radius 3 is 2.79 bits per heavy atom. The summed E-state index contributed by atoms with van der Waals surface area (Å²) in [5.41, 5.74) is 6.07. The van der Waals surface area contributed by atoms with Gasteiger partial charge in [0.05, 0.1) is 0 Å². The Morgan fingerprint density at radius 1 is 1.50 bits per heavy atom. The summed E-state index contributed by atoms with van der Waals surface area (Å²) in [7, 11) is 0. The van der Waals surface area contributed by atoms with Gasteiger partial charge in [0.1, 0.15) is 0 Å². The van der Waals surface area contributed by atoms with Gasteiger partial charge in [0.2, 0.25) is 0 Å². The van der Waals surface area contributed by atoms with Gasteiger partial charge in [-0.15, -0.1) is 6.58 Å². The maximum atomic E-state index is 12.5. The van der Waals surface area contributed by atoms with E-state index in [1.165, 1.54) is 6.07 Å². The van der Waals surface area contributed by atoms with Gasteiger partial charge in [-0.1, -0.05) is 6.08 Å². The minimum Gasteiger partial charge on any atom is -0.399 e. The van der Waals surface area contributed by atoms with Crippen molar-refractivity contribution in [1.82, 2.24) is 0 Å². The second-order valence-electron chi connectivity index (χ2n) is 2.82. The van der Waals surface area contributed by atoms with Gasteiger partial charge in [-0.05, 0) is 18.2 Å². The summed E-state index contributed by atoms with van der Waals surface area (Å²) < 4.78 is 25.0. The predicted octanol–water partition coefficient (Wildman–Crippen LogP) is 2.80. The lowest BCUT2D eigenvalue weighted by Crippen LogP contribution is -2.02. The number of halogens is 2. The lowest BCUT2D eigenvalue weighted by molar-refractivity contribution is 0.152. The molecule has 14 heavy (non-hydrogen) atoms. The van der Waals surface area contributed by atoms with E-state index in [0.717, 1.165) is 0 Å². The first-order chi connectivity index (χ1) is 6.65. The van der Waals surface area contributed by atoms with E-state index in [0.29, 0.717) is 17.9 Å². The highest BCUT2D eigenvalue weighted by atomic mass is 19.3. The van der Waals surface area contributed by atoms with Crippen molar-refractivity contribution >= 4 is 11.4 Å². The van der Waals surface area contributed by atoms with Gasteiger partial charge in [0.15, 0.2) is 0 Å². The first-order valence-corrected chi connectivity index (χ1v) is 4.17. The molecule has 0 fully saturated rings. The van der Waals surface area contributed by atoms with Crippen LogP contribution in [0.4, 0.5) is 20.2 Å². The van der Waals surface area contributed by atoms with E-state index in [4.69, 9.17) is 5.73 Å². The molecule has 4 heteroatoms. The molecular formula is C10H12F2N2. The highest BCUT2D eigenvalue weighted by molar-refractivity contribution is 5.58. The van der Waals surface area contributed by atoms with Crippen LogP contribution in [0.25, 0.3) is 0 Å². The van der Waals surface area contributed by atoms with Crippen LogP contribution < -0.4 is 11.1 Å². The first kappa shape index (κ1) is 10.5. The fourth-order valence-corrected chi connectivity index (χ4v) is 1.10. The van der Waals surface area contributed by atoms with Crippen molar-refractivity contribution in [1.29, 1.82) is 0 Å². The molecule has 0 unspecified atom stereocenters. The van der Waals surface area contributed by atoms with Crippen LogP contribution in [0.2, 0.25) is 0 Å². The number of nitrogen functional groups attached to an aromatic ring is 1. The fourth-order valence-electron chi connectivity index (χ4n) is 1.10. The Hall–Kier alpha value is -1.58. The Bertz CT molecular complexity index is 324. The zero-order chi connectivity index (χ0) is 10.6. The summed E-state index contributed by atoms with van der Waals surface area (Å²) in [6.07, 6.45) is -0.920. The van der Waals surface area contributed by atoms with Gasteiger partial charge < -0.3 is 11.1 Å². The van der Waals surface area contributed by atoms with Crippen molar-refractivity contribution in [2.75, 3.05) is 17.6 Å². The number of anilines is 2. The topological polar surface area (TPSA) is 38.0 Å². The van der Waals surface area contributed by atoms with Crippen LogP contribution in [0, 0.1) is 0 Å². The lowest BCUT2D eigenvalue weighted by atomic mass is 10.1. The molecule has 0 amide bonds. The van der Waals surface area contributed by atoms with Crippen molar-refractivity contribution in [3.8, 4) is 0 Å². The predicted molar refractivity (Wildman–Crippen MR) is 54.5 cm³/mol. The molecule has 0 radical (unpaired) electrons. The molecule has 0 heterocycles. The van der Waals surface area contributed by atoms with Crippen molar-refractivity contribution in [3.63, 3.8) is 0 Å². The van der Waals surface area contributed by atoms with E-state index >= 15 is 0 Å². The van der Waals surface area contributed by atoms with E-state index in [9.17, 15) is 8.78 Å². The van der Waals surface area contributed by atoms with Crippen molar-refractivity contribution < 1.29 is 8.78 Å². The number of rotatable bonds is 4. The third kappa shape index (κ3) is 2.45. The van der Waals surface area contributed by atoms with Crippen molar-refractivity contribution in [2.24, 2.45) is 0 Å². The summed E-state index contributed by atoms with van der Waals surface area (Å²) in [6, 6.07) is 4.40. The third-order valence-corrected chi connectivity index (χ3v) is 1.75. The molecule has 2 nitrogen and oxygen atoms in total.